The Balaban J connectivity index is 2.09. The first-order valence-electron chi connectivity index (χ1n) is 5.96. The van der Waals surface area contributed by atoms with E-state index in [4.69, 9.17) is 5.73 Å². The second-order valence-electron chi connectivity index (χ2n) is 4.89. The Morgan fingerprint density at radius 3 is 2.67 bits per heavy atom. The molecule has 0 aromatic carbocycles. The fourth-order valence-electron chi connectivity index (χ4n) is 1.95. The third-order valence-corrected chi connectivity index (χ3v) is 2.95. The first kappa shape index (κ1) is 13.0. The van der Waals surface area contributed by atoms with Gasteiger partial charge < -0.3 is 11.1 Å². The number of nitrogens with zero attached hydrogens (tertiary/aromatic N) is 1. The molecule has 1 aromatic rings. The summed E-state index contributed by atoms with van der Waals surface area (Å²) in [5.74, 6) is 0.775. The van der Waals surface area contributed by atoms with Crippen molar-refractivity contribution in [2.75, 3.05) is 11.1 Å². The fraction of sp³-hybridized carbons (Fsp3) is 0.583. The molecule has 18 heavy (non-hydrogen) atoms. The van der Waals surface area contributed by atoms with Gasteiger partial charge in [-0.05, 0) is 31.4 Å². The van der Waals surface area contributed by atoms with Crippen LogP contribution in [0.1, 0.15) is 31.7 Å². The fourth-order valence-corrected chi connectivity index (χ4v) is 1.95. The monoisotopic (exact) mass is 259 g/mol. The lowest BCUT2D eigenvalue weighted by atomic mass is 10.1. The lowest BCUT2D eigenvalue weighted by molar-refractivity contribution is -0.137. The number of alkyl halides is 3. The zero-order valence-corrected chi connectivity index (χ0v) is 10.1. The van der Waals surface area contributed by atoms with E-state index >= 15 is 0 Å². The highest BCUT2D eigenvalue weighted by molar-refractivity contribution is 5.47. The van der Waals surface area contributed by atoms with E-state index in [0.717, 1.165) is 18.6 Å². The third kappa shape index (κ3) is 3.51. The first-order valence-corrected chi connectivity index (χ1v) is 5.96. The predicted molar refractivity (Wildman–Crippen MR) is 64.1 cm³/mol. The summed E-state index contributed by atoms with van der Waals surface area (Å²) in [5, 5.41) is 2.98. The van der Waals surface area contributed by atoms with Gasteiger partial charge in [-0.1, -0.05) is 12.8 Å². The van der Waals surface area contributed by atoms with Gasteiger partial charge in [0.15, 0.2) is 0 Å². The minimum absolute atomic E-state index is 0.105. The molecule has 0 bridgehead atoms. The van der Waals surface area contributed by atoms with Crippen molar-refractivity contribution in [2.45, 2.75) is 38.4 Å². The number of hydrogen-bond donors (Lipinski definition) is 2. The van der Waals surface area contributed by atoms with Crippen LogP contribution in [-0.4, -0.2) is 11.0 Å². The molecule has 0 radical (unpaired) electrons. The average Bonchev–Trinajstić information content (AvgIpc) is 2.98. The number of nitrogens with two attached hydrogens (primary N) is 1. The van der Waals surface area contributed by atoms with Crippen LogP contribution in [0.25, 0.3) is 0 Å². The van der Waals surface area contributed by atoms with Crippen LogP contribution < -0.4 is 11.1 Å². The summed E-state index contributed by atoms with van der Waals surface area (Å²) in [4.78, 5) is 3.88. The molecule has 0 saturated heterocycles. The molecule has 0 aliphatic heterocycles. The molecule has 6 heteroatoms. The van der Waals surface area contributed by atoms with E-state index in [-0.39, 0.29) is 17.7 Å². The number of aromatic nitrogens is 1. The van der Waals surface area contributed by atoms with Crippen LogP contribution in [0.3, 0.4) is 0 Å². The van der Waals surface area contributed by atoms with Crippen LogP contribution in [0.2, 0.25) is 0 Å². The lowest BCUT2D eigenvalue weighted by Gasteiger charge is -2.16. The molecule has 3 nitrogen and oxygen atoms in total. The van der Waals surface area contributed by atoms with Crippen LogP contribution >= 0.6 is 0 Å². The van der Waals surface area contributed by atoms with E-state index in [1.165, 1.54) is 12.8 Å². The molecule has 0 amide bonds. The van der Waals surface area contributed by atoms with Gasteiger partial charge in [-0.15, -0.1) is 0 Å². The molecule has 2 rings (SSSR count). The minimum Gasteiger partial charge on any atom is -0.384 e. The smallest absolute Gasteiger partial charge is 0.384 e. The Bertz CT molecular complexity index is 427. The second kappa shape index (κ2) is 4.66. The molecule has 1 heterocycles. The number of hydrogen-bond acceptors (Lipinski definition) is 3. The average molecular weight is 259 g/mol. The summed E-state index contributed by atoms with van der Waals surface area (Å²) < 4.78 is 37.8. The molecular weight excluding hydrogens is 243 g/mol. The Labute approximate surface area is 104 Å². The van der Waals surface area contributed by atoms with Crippen LogP contribution in [-0.2, 0) is 6.18 Å². The van der Waals surface area contributed by atoms with Crippen molar-refractivity contribution < 1.29 is 13.2 Å². The normalized spacial score (nSPS) is 17.6. The summed E-state index contributed by atoms with van der Waals surface area (Å²) >= 11 is 0. The Morgan fingerprint density at radius 2 is 2.11 bits per heavy atom. The van der Waals surface area contributed by atoms with E-state index in [1.807, 2.05) is 6.92 Å². The second-order valence-corrected chi connectivity index (χ2v) is 4.89. The lowest BCUT2D eigenvalue weighted by Crippen LogP contribution is -2.18. The summed E-state index contributed by atoms with van der Waals surface area (Å²) in [7, 11) is 0. The van der Waals surface area contributed by atoms with Crippen molar-refractivity contribution in [2.24, 2.45) is 5.92 Å². The van der Waals surface area contributed by atoms with Gasteiger partial charge in [-0.2, -0.15) is 13.2 Å². The Morgan fingerprint density at radius 1 is 1.44 bits per heavy atom. The Kier molecular flexibility index (Phi) is 3.36. The molecule has 1 unspecified atom stereocenters. The molecule has 0 spiro atoms. The number of nitrogen functional groups attached to an aromatic ring is 1. The summed E-state index contributed by atoms with van der Waals surface area (Å²) in [6.07, 6.45) is -1.01. The minimum atomic E-state index is -4.40. The number of anilines is 2. The number of pyridine rings is 1. The van der Waals surface area contributed by atoms with Crippen LogP contribution in [0.5, 0.6) is 0 Å². The standard InChI is InChI=1S/C12H16F3N3/c1-7(4-8-2-3-8)17-11-6-9(12(13,14)15)5-10(16)18-11/h5-8H,2-4H2,1H3,(H3,16,17,18). The van der Waals surface area contributed by atoms with E-state index < -0.39 is 11.7 Å². The Hall–Kier alpha value is -1.46. The zero-order valence-electron chi connectivity index (χ0n) is 10.1. The van der Waals surface area contributed by atoms with Gasteiger partial charge in [0.05, 0.1) is 5.56 Å². The highest BCUT2D eigenvalue weighted by atomic mass is 19.4. The van der Waals surface area contributed by atoms with E-state index in [2.05, 4.69) is 10.3 Å². The van der Waals surface area contributed by atoms with Crippen molar-refractivity contribution in [1.82, 2.24) is 4.98 Å². The number of rotatable bonds is 4. The number of nitrogens with one attached hydrogen (secondary N) is 1. The van der Waals surface area contributed by atoms with Crippen molar-refractivity contribution in [3.8, 4) is 0 Å². The van der Waals surface area contributed by atoms with Crippen LogP contribution in [0, 0.1) is 5.92 Å². The molecule has 3 N–H and O–H groups in total. The van der Waals surface area contributed by atoms with Crippen LogP contribution in [0.4, 0.5) is 24.8 Å². The quantitative estimate of drug-likeness (QED) is 0.872. The van der Waals surface area contributed by atoms with Crippen molar-refractivity contribution in [3.63, 3.8) is 0 Å². The third-order valence-electron chi connectivity index (χ3n) is 2.95. The molecule has 1 aliphatic rings. The van der Waals surface area contributed by atoms with Gasteiger partial charge in [0.1, 0.15) is 11.6 Å². The van der Waals surface area contributed by atoms with E-state index in [0.29, 0.717) is 5.92 Å². The highest BCUT2D eigenvalue weighted by Crippen LogP contribution is 2.35. The van der Waals surface area contributed by atoms with Crippen molar-refractivity contribution in [3.05, 3.63) is 17.7 Å². The first-order chi connectivity index (χ1) is 8.34. The molecule has 1 aromatic heterocycles. The maximum atomic E-state index is 12.6. The van der Waals surface area contributed by atoms with Gasteiger partial charge >= 0.3 is 6.18 Å². The van der Waals surface area contributed by atoms with Crippen LogP contribution in [0.15, 0.2) is 12.1 Å². The molecule has 1 aliphatic carbocycles. The van der Waals surface area contributed by atoms with Gasteiger partial charge in [-0.3, -0.25) is 0 Å². The topological polar surface area (TPSA) is 50.9 Å². The summed E-state index contributed by atoms with van der Waals surface area (Å²) in [6, 6.07) is 1.95. The van der Waals surface area contributed by atoms with Gasteiger partial charge in [-0.25, -0.2) is 4.98 Å². The zero-order chi connectivity index (χ0) is 13.3. The van der Waals surface area contributed by atoms with E-state index in [9.17, 15) is 13.2 Å². The molecule has 1 fully saturated rings. The molecular formula is C12H16F3N3. The molecule has 1 saturated carbocycles. The maximum Gasteiger partial charge on any atom is 0.416 e. The highest BCUT2D eigenvalue weighted by Gasteiger charge is 2.31. The molecule has 100 valence electrons. The van der Waals surface area contributed by atoms with Gasteiger partial charge in [0.25, 0.3) is 0 Å². The van der Waals surface area contributed by atoms with Gasteiger partial charge in [0.2, 0.25) is 0 Å². The SMILES string of the molecule is CC(CC1CC1)Nc1cc(C(F)(F)F)cc(N)n1. The van der Waals surface area contributed by atoms with Gasteiger partial charge in [0, 0.05) is 6.04 Å². The maximum absolute atomic E-state index is 12.6. The summed E-state index contributed by atoms with van der Waals surface area (Å²) in [6.45, 7) is 1.94. The van der Waals surface area contributed by atoms with Crippen molar-refractivity contribution in [1.29, 1.82) is 0 Å². The largest absolute Gasteiger partial charge is 0.416 e. The van der Waals surface area contributed by atoms with Crippen molar-refractivity contribution >= 4 is 11.6 Å². The predicted octanol–water partition coefficient (Wildman–Crippen LogP) is 3.28. The summed E-state index contributed by atoms with van der Waals surface area (Å²) in [5.41, 5.74) is 4.63. The molecule has 1 atom stereocenters. The van der Waals surface area contributed by atoms with E-state index in [1.54, 1.807) is 0 Å². The number of halogens is 3.